The van der Waals surface area contributed by atoms with Crippen LogP contribution in [0.3, 0.4) is 0 Å². The Morgan fingerprint density at radius 1 is 1.11 bits per heavy atom. The average Bonchev–Trinajstić information content (AvgIpc) is 2.24. The van der Waals surface area contributed by atoms with Gasteiger partial charge < -0.3 is 4.74 Å². The lowest BCUT2D eigenvalue weighted by Gasteiger charge is -2.52. The maximum atomic E-state index is 12.0. The minimum Gasteiger partial charge on any atom is -0.461 e. The van der Waals surface area contributed by atoms with Crippen molar-refractivity contribution in [2.45, 2.75) is 82.7 Å². The number of carbonyl (C=O) groups excluding carboxylic acids is 1. The first-order chi connectivity index (χ1) is 8.25. The molecule has 0 aromatic rings. The summed E-state index contributed by atoms with van der Waals surface area (Å²) in [5.41, 5.74) is 0.237. The number of ether oxygens (including phenoxy) is 1. The first-order valence-electron chi connectivity index (χ1n) is 7.45. The Morgan fingerprint density at radius 3 is 2.11 bits per heavy atom. The van der Waals surface area contributed by atoms with E-state index in [1.54, 1.807) is 0 Å². The third-order valence-electron chi connectivity index (χ3n) is 5.66. The highest BCUT2D eigenvalue weighted by molar-refractivity contribution is 6.84. The third-order valence-corrected chi connectivity index (χ3v) is 11.6. The molecule has 2 atom stereocenters. The summed E-state index contributed by atoms with van der Waals surface area (Å²) >= 11 is 0. The zero-order chi connectivity index (χ0) is 13.6. The van der Waals surface area contributed by atoms with E-state index in [1.165, 1.54) is 32.1 Å². The minimum atomic E-state index is -1.61. The fraction of sp³-hybridized carbons (Fsp3) is 0.933. The van der Waals surface area contributed by atoms with Crippen LogP contribution in [0.2, 0.25) is 23.7 Å². The van der Waals surface area contributed by atoms with E-state index in [0.29, 0.717) is 5.92 Å². The van der Waals surface area contributed by atoms with Gasteiger partial charge in [-0.2, -0.15) is 0 Å². The molecule has 1 saturated carbocycles. The van der Waals surface area contributed by atoms with Crippen molar-refractivity contribution in [2.75, 3.05) is 0 Å². The summed E-state index contributed by atoms with van der Waals surface area (Å²) in [6.07, 6.45) is 6.79. The van der Waals surface area contributed by atoms with E-state index in [-0.39, 0.29) is 22.7 Å². The third kappa shape index (κ3) is 2.26. The van der Waals surface area contributed by atoms with Crippen LogP contribution in [0.25, 0.3) is 0 Å². The zero-order valence-corrected chi connectivity index (χ0v) is 13.6. The molecule has 0 spiro atoms. The predicted molar refractivity (Wildman–Crippen MR) is 77.4 cm³/mol. The van der Waals surface area contributed by atoms with Crippen molar-refractivity contribution in [1.82, 2.24) is 0 Å². The van der Waals surface area contributed by atoms with Crippen LogP contribution in [-0.2, 0) is 9.53 Å². The van der Waals surface area contributed by atoms with Crippen LogP contribution >= 0.6 is 0 Å². The number of cyclic esters (lactones) is 1. The van der Waals surface area contributed by atoms with Crippen molar-refractivity contribution in [3.05, 3.63) is 0 Å². The van der Waals surface area contributed by atoms with E-state index >= 15 is 0 Å². The molecule has 2 fully saturated rings. The summed E-state index contributed by atoms with van der Waals surface area (Å²) in [5, 5.41) is 0.268. The lowest BCUT2D eigenvalue weighted by atomic mass is 9.82. The highest BCUT2D eigenvalue weighted by atomic mass is 28.3. The molecule has 0 radical (unpaired) electrons. The highest BCUT2D eigenvalue weighted by Crippen LogP contribution is 2.53. The number of rotatable bonds is 2. The van der Waals surface area contributed by atoms with Crippen LogP contribution in [0.1, 0.15) is 52.9 Å². The molecule has 1 saturated heterocycles. The summed E-state index contributed by atoms with van der Waals surface area (Å²) < 4.78 is 5.57. The van der Waals surface area contributed by atoms with Gasteiger partial charge in [-0.05, 0) is 23.8 Å². The van der Waals surface area contributed by atoms with Gasteiger partial charge in [-0.15, -0.1) is 0 Å². The van der Waals surface area contributed by atoms with E-state index in [9.17, 15) is 4.79 Å². The van der Waals surface area contributed by atoms with Gasteiger partial charge in [0.15, 0.2) is 0 Å². The fourth-order valence-electron chi connectivity index (χ4n) is 3.34. The van der Waals surface area contributed by atoms with Gasteiger partial charge in [0.1, 0.15) is 6.10 Å². The van der Waals surface area contributed by atoms with Gasteiger partial charge in [0, 0.05) is 0 Å². The smallest absolute Gasteiger partial charge is 0.310 e. The van der Waals surface area contributed by atoms with E-state index < -0.39 is 8.07 Å². The second-order valence-corrected chi connectivity index (χ2v) is 13.3. The Morgan fingerprint density at radius 2 is 1.67 bits per heavy atom. The van der Waals surface area contributed by atoms with Gasteiger partial charge in [-0.25, -0.2) is 0 Å². The quantitative estimate of drug-likeness (QED) is 0.549. The molecule has 2 nitrogen and oxygen atoms in total. The molecule has 104 valence electrons. The van der Waals surface area contributed by atoms with Gasteiger partial charge in [0.05, 0.1) is 13.6 Å². The van der Waals surface area contributed by atoms with Crippen molar-refractivity contribution in [1.29, 1.82) is 0 Å². The van der Waals surface area contributed by atoms with Crippen LogP contribution in [0.5, 0.6) is 0 Å². The maximum Gasteiger partial charge on any atom is 0.310 e. The molecule has 0 bridgehead atoms. The topological polar surface area (TPSA) is 26.3 Å². The van der Waals surface area contributed by atoms with Gasteiger partial charge in [-0.3, -0.25) is 4.79 Å². The van der Waals surface area contributed by atoms with Crippen molar-refractivity contribution in [3.63, 3.8) is 0 Å². The molecule has 0 amide bonds. The Hall–Kier alpha value is -0.313. The molecule has 0 aromatic heterocycles. The van der Waals surface area contributed by atoms with Crippen molar-refractivity contribution in [3.8, 4) is 0 Å². The number of hydrogen-bond donors (Lipinski definition) is 0. The Bertz CT molecular complexity index is 324. The maximum absolute atomic E-state index is 12.0. The van der Waals surface area contributed by atoms with E-state index in [1.807, 2.05) is 0 Å². The molecule has 18 heavy (non-hydrogen) atoms. The Labute approximate surface area is 112 Å². The summed E-state index contributed by atoms with van der Waals surface area (Å²) in [4.78, 5) is 12.0. The van der Waals surface area contributed by atoms with Gasteiger partial charge in [0.2, 0.25) is 0 Å². The van der Waals surface area contributed by atoms with Gasteiger partial charge in [0.25, 0.3) is 0 Å². The minimum absolute atomic E-state index is 0.0946. The fourth-order valence-corrected chi connectivity index (χ4v) is 6.09. The molecule has 1 aliphatic heterocycles. The first-order valence-corrected chi connectivity index (χ1v) is 10.5. The molecule has 1 heterocycles. The van der Waals surface area contributed by atoms with E-state index in [2.05, 4.69) is 33.9 Å². The lowest BCUT2D eigenvalue weighted by molar-refractivity contribution is -0.176. The number of carbonyl (C=O) groups is 1. The second-order valence-electron chi connectivity index (χ2n) is 7.75. The SMILES string of the molecule is CC(C)(C)[Si](C)(C)[C@H]1C(=O)O[C@@H]1C1CCCCC1. The molecule has 2 aliphatic rings. The molecule has 0 aromatic carbocycles. The lowest BCUT2D eigenvalue weighted by Crippen LogP contribution is -2.60. The molecule has 0 unspecified atom stereocenters. The van der Waals surface area contributed by atoms with Crippen LogP contribution in [0.15, 0.2) is 0 Å². The summed E-state index contributed by atoms with van der Waals surface area (Å²) in [7, 11) is -1.61. The van der Waals surface area contributed by atoms with E-state index in [0.717, 1.165) is 0 Å². The first kappa shape index (κ1) is 14.1. The van der Waals surface area contributed by atoms with Crippen LogP contribution < -0.4 is 0 Å². The molecule has 1 aliphatic carbocycles. The van der Waals surface area contributed by atoms with Crippen molar-refractivity contribution < 1.29 is 9.53 Å². The van der Waals surface area contributed by atoms with Crippen LogP contribution in [0.4, 0.5) is 0 Å². The number of esters is 1. The molecule has 2 rings (SSSR count). The predicted octanol–water partition coefficient (Wildman–Crippen LogP) is 4.37. The second kappa shape index (κ2) is 4.66. The van der Waals surface area contributed by atoms with Crippen molar-refractivity contribution >= 4 is 14.0 Å². The Kier molecular flexibility index (Phi) is 3.65. The zero-order valence-electron chi connectivity index (χ0n) is 12.6. The average molecular weight is 268 g/mol. The molecular weight excluding hydrogens is 240 g/mol. The van der Waals surface area contributed by atoms with Crippen LogP contribution in [-0.4, -0.2) is 20.1 Å². The van der Waals surface area contributed by atoms with Gasteiger partial charge in [-0.1, -0.05) is 53.1 Å². The monoisotopic (exact) mass is 268 g/mol. The normalized spacial score (nSPS) is 30.8. The molecule has 3 heteroatoms. The number of hydrogen-bond acceptors (Lipinski definition) is 2. The highest BCUT2D eigenvalue weighted by Gasteiger charge is 2.58. The molecule has 0 N–H and O–H groups in total. The largest absolute Gasteiger partial charge is 0.461 e. The van der Waals surface area contributed by atoms with Crippen molar-refractivity contribution in [2.24, 2.45) is 5.92 Å². The van der Waals surface area contributed by atoms with Gasteiger partial charge >= 0.3 is 5.97 Å². The standard InChI is InChI=1S/C15H28O2Si/c1-15(2,3)18(4,5)13-12(17-14(13)16)11-9-7-6-8-10-11/h11-13H,6-10H2,1-5H3/t12-,13-/m1/s1. The summed E-state index contributed by atoms with van der Waals surface area (Å²) in [6, 6.07) is 0. The van der Waals surface area contributed by atoms with E-state index in [4.69, 9.17) is 4.74 Å². The summed E-state index contributed by atoms with van der Waals surface area (Å²) in [5.74, 6) is 0.743. The molecular formula is C15H28O2Si. The summed E-state index contributed by atoms with van der Waals surface area (Å²) in [6.45, 7) is 11.6. The Balaban J connectivity index is 2.13. The van der Waals surface area contributed by atoms with Crippen LogP contribution in [0, 0.1) is 5.92 Å².